The van der Waals surface area contributed by atoms with Gasteiger partial charge in [-0.3, -0.25) is 0 Å². The van der Waals surface area contributed by atoms with Crippen LogP contribution in [0.2, 0.25) is 0 Å². The molecule has 0 aliphatic carbocycles. The molecule has 0 aliphatic heterocycles. The normalized spacial score (nSPS) is 12.0. The average molecular weight is 289 g/mol. The van der Waals surface area contributed by atoms with Crippen molar-refractivity contribution in [2.75, 3.05) is 5.73 Å². The Bertz CT molecular complexity index is 635. The van der Waals surface area contributed by atoms with E-state index in [1.54, 1.807) is 12.1 Å². The van der Waals surface area contributed by atoms with Gasteiger partial charge in [-0.1, -0.05) is 54.1 Å². The molecule has 22 heavy (non-hydrogen) atoms. The zero-order chi connectivity index (χ0) is 15.5. The second-order valence-electron chi connectivity index (χ2n) is 5.60. The minimum atomic E-state index is 0.127. The van der Waals surface area contributed by atoms with Gasteiger partial charge in [0, 0.05) is 11.6 Å². The number of anilines is 1. The van der Waals surface area contributed by atoms with Gasteiger partial charge in [0.25, 0.3) is 0 Å². The predicted octanol–water partition coefficient (Wildman–Crippen LogP) is 4.46. The number of nitrogen functional groups attached to an aromatic ring is 1. The molecule has 0 radical (unpaired) electrons. The highest BCUT2D eigenvalue weighted by Crippen LogP contribution is 2.33. The Hall–Kier alpha value is -2.74. The van der Waals surface area contributed by atoms with E-state index >= 15 is 0 Å². The molecule has 0 fully saturated rings. The largest absolute Gasteiger partial charge is 0.508 e. The molecule has 0 saturated heterocycles. The molecule has 0 amide bonds. The smallest absolute Gasteiger partial charge is 0.115 e. The lowest BCUT2D eigenvalue weighted by molar-refractivity contribution is 0.475. The maximum Gasteiger partial charge on any atom is 0.115 e. The number of hydrogen-bond acceptors (Lipinski definition) is 2. The van der Waals surface area contributed by atoms with Crippen LogP contribution in [0.3, 0.4) is 0 Å². The Balaban J connectivity index is 2.10. The highest BCUT2D eigenvalue weighted by molar-refractivity contribution is 5.48. The van der Waals surface area contributed by atoms with Gasteiger partial charge in [-0.05, 0) is 47.9 Å². The predicted molar refractivity (Wildman–Crippen MR) is 91.1 cm³/mol. The third kappa shape index (κ3) is 2.96. The van der Waals surface area contributed by atoms with Crippen LogP contribution in [-0.2, 0) is 0 Å². The second kappa shape index (κ2) is 5.94. The van der Waals surface area contributed by atoms with E-state index < -0.39 is 0 Å². The van der Waals surface area contributed by atoms with Gasteiger partial charge in [-0.2, -0.15) is 0 Å². The van der Waals surface area contributed by atoms with Gasteiger partial charge >= 0.3 is 0 Å². The Kier molecular flexibility index (Phi) is 3.84. The monoisotopic (exact) mass is 289 g/mol. The van der Waals surface area contributed by atoms with Crippen molar-refractivity contribution in [3.63, 3.8) is 0 Å². The summed E-state index contributed by atoms with van der Waals surface area (Å²) in [6, 6.07) is 23.9. The van der Waals surface area contributed by atoms with Crippen molar-refractivity contribution in [3.05, 3.63) is 95.1 Å². The molecule has 2 heteroatoms. The van der Waals surface area contributed by atoms with Crippen molar-refractivity contribution in [2.24, 2.45) is 0 Å². The summed E-state index contributed by atoms with van der Waals surface area (Å²) in [4.78, 5) is 0. The van der Waals surface area contributed by atoms with E-state index in [9.17, 15) is 5.11 Å². The van der Waals surface area contributed by atoms with E-state index in [0.29, 0.717) is 0 Å². The minimum absolute atomic E-state index is 0.127. The first-order valence-corrected chi connectivity index (χ1v) is 7.34. The standard InChI is InChI=1S/C20H19NO/c1-14-2-4-15(5-3-14)20(16-6-10-18(21)11-7-16)17-8-12-19(22)13-9-17/h2-13,20,22H,21H2,1H3. The molecular weight excluding hydrogens is 270 g/mol. The first-order valence-electron chi connectivity index (χ1n) is 7.34. The van der Waals surface area contributed by atoms with E-state index in [0.717, 1.165) is 11.3 Å². The molecule has 3 aromatic carbocycles. The van der Waals surface area contributed by atoms with E-state index in [1.807, 2.05) is 24.3 Å². The molecule has 0 aliphatic rings. The highest BCUT2D eigenvalue weighted by atomic mass is 16.3. The number of hydrogen-bond donors (Lipinski definition) is 2. The molecule has 1 atom stereocenters. The summed E-state index contributed by atoms with van der Waals surface area (Å²) in [6.07, 6.45) is 0. The number of nitrogens with two attached hydrogens (primary N) is 1. The Morgan fingerprint density at radius 2 is 1.09 bits per heavy atom. The summed E-state index contributed by atoms with van der Waals surface area (Å²) in [5.41, 5.74) is 11.4. The molecule has 1 unspecified atom stereocenters. The molecule has 0 heterocycles. The zero-order valence-electron chi connectivity index (χ0n) is 12.5. The van der Waals surface area contributed by atoms with Crippen LogP contribution in [0.5, 0.6) is 5.75 Å². The molecule has 3 rings (SSSR count). The van der Waals surface area contributed by atoms with E-state index in [-0.39, 0.29) is 11.7 Å². The lowest BCUT2D eigenvalue weighted by Crippen LogP contribution is -2.03. The van der Waals surface area contributed by atoms with Crippen LogP contribution in [-0.4, -0.2) is 5.11 Å². The van der Waals surface area contributed by atoms with Crippen molar-refractivity contribution < 1.29 is 5.11 Å². The molecule has 110 valence electrons. The number of rotatable bonds is 3. The van der Waals surface area contributed by atoms with Gasteiger partial charge in [-0.15, -0.1) is 0 Å². The first-order chi connectivity index (χ1) is 10.6. The molecule has 0 spiro atoms. The van der Waals surface area contributed by atoms with E-state index in [4.69, 9.17) is 5.73 Å². The van der Waals surface area contributed by atoms with Crippen molar-refractivity contribution in [3.8, 4) is 5.75 Å². The minimum Gasteiger partial charge on any atom is -0.508 e. The SMILES string of the molecule is Cc1ccc(C(c2ccc(N)cc2)c2ccc(O)cc2)cc1. The number of phenols is 1. The Morgan fingerprint density at radius 1 is 0.682 bits per heavy atom. The lowest BCUT2D eigenvalue weighted by Gasteiger charge is -2.19. The van der Waals surface area contributed by atoms with Crippen LogP contribution in [0.1, 0.15) is 28.2 Å². The number of aryl methyl sites for hydroxylation is 1. The summed E-state index contributed by atoms with van der Waals surface area (Å²) < 4.78 is 0. The zero-order valence-corrected chi connectivity index (χ0v) is 12.5. The van der Waals surface area contributed by atoms with Crippen molar-refractivity contribution in [1.29, 1.82) is 0 Å². The molecule has 0 aromatic heterocycles. The molecule has 3 N–H and O–H groups in total. The molecule has 0 bridgehead atoms. The summed E-state index contributed by atoms with van der Waals surface area (Å²) in [5, 5.41) is 9.54. The van der Waals surface area contributed by atoms with Gasteiger partial charge in [0.15, 0.2) is 0 Å². The van der Waals surface area contributed by atoms with Gasteiger partial charge in [-0.25, -0.2) is 0 Å². The van der Waals surface area contributed by atoms with E-state index in [1.165, 1.54) is 16.7 Å². The number of benzene rings is 3. The molecule has 3 aromatic rings. The number of phenolic OH excluding ortho intramolecular Hbond substituents is 1. The summed E-state index contributed by atoms with van der Waals surface area (Å²) in [6.45, 7) is 2.09. The second-order valence-corrected chi connectivity index (χ2v) is 5.60. The quantitative estimate of drug-likeness (QED) is 0.552. The third-order valence-electron chi connectivity index (χ3n) is 3.91. The first kappa shape index (κ1) is 14.2. The van der Waals surface area contributed by atoms with Crippen LogP contribution in [0, 0.1) is 6.92 Å². The van der Waals surface area contributed by atoms with Crippen molar-refractivity contribution >= 4 is 5.69 Å². The Morgan fingerprint density at radius 3 is 1.59 bits per heavy atom. The average Bonchev–Trinajstić information content (AvgIpc) is 2.53. The lowest BCUT2D eigenvalue weighted by atomic mass is 9.85. The third-order valence-corrected chi connectivity index (χ3v) is 3.91. The highest BCUT2D eigenvalue weighted by Gasteiger charge is 2.16. The van der Waals surface area contributed by atoms with Crippen LogP contribution in [0.25, 0.3) is 0 Å². The van der Waals surface area contributed by atoms with Crippen LogP contribution < -0.4 is 5.73 Å². The van der Waals surface area contributed by atoms with Crippen LogP contribution in [0.4, 0.5) is 5.69 Å². The van der Waals surface area contributed by atoms with Crippen LogP contribution >= 0.6 is 0 Å². The molecule has 0 saturated carbocycles. The Labute approximate surface area is 130 Å². The number of aromatic hydroxyl groups is 1. The summed E-state index contributed by atoms with van der Waals surface area (Å²) in [5.74, 6) is 0.408. The van der Waals surface area contributed by atoms with Gasteiger partial charge in [0.2, 0.25) is 0 Å². The summed E-state index contributed by atoms with van der Waals surface area (Å²) >= 11 is 0. The maximum absolute atomic E-state index is 9.54. The maximum atomic E-state index is 9.54. The molecule has 2 nitrogen and oxygen atoms in total. The van der Waals surface area contributed by atoms with Gasteiger partial charge in [0.1, 0.15) is 5.75 Å². The van der Waals surface area contributed by atoms with Crippen molar-refractivity contribution in [1.82, 2.24) is 0 Å². The van der Waals surface area contributed by atoms with Crippen molar-refractivity contribution in [2.45, 2.75) is 12.8 Å². The fourth-order valence-electron chi connectivity index (χ4n) is 2.69. The van der Waals surface area contributed by atoms with Gasteiger partial charge < -0.3 is 10.8 Å². The van der Waals surface area contributed by atoms with Crippen LogP contribution in [0.15, 0.2) is 72.8 Å². The fourth-order valence-corrected chi connectivity index (χ4v) is 2.69. The van der Waals surface area contributed by atoms with Gasteiger partial charge in [0.05, 0.1) is 0 Å². The summed E-state index contributed by atoms with van der Waals surface area (Å²) in [7, 11) is 0. The fraction of sp³-hybridized carbons (Fsp3) is 0.100. The van der Waals surface area contributed by atoms with E-state index in [2.05, 4.69) is 43.3 Å². The molecular formula is C20H19NO. The topological polar surface area (TPSA) is 46.2 Å².